The molecular formula is C22H21N3O4S. The Morgan fingerprint density at radius 1 is 1.27 bits per heavy atom. The van der Waals surface area contributed by atoms with Gasteiger partial charge in [0.1, 0.15) is 5.75 Å². The van der Waals surface area contributed by atoms with Crippen molar-refractivity contribution in [1.29, 1.82) is 0 Å². The Morgan fingerprint density at radius 2 is 2.10 bits per heavy atom. The molecule has 0 aliphatic rings. The lowest BCUT2D eigenvalue weighted by Crippen LogP contribution is -2.07. The molecule has 0 saturated heterocycles. The van der Waals surface area contributed by atoms with E-state index in [0.29, 0.717) is 23.0 Å². The number of hydrogen-bond donors (Lipinski definition) is 1. The molecule has 1 aromatic heterocycles. The van der Waals surface area contributed by atoms with Crippen molar-refractivity contribution in [1.82, 2.24) is 4.98 Å². The number of nitrogens with one attached hydrogen (secondary N) is 1. The number of rotatable bonds is 9. The van der Waals surface area contributed by atoms with Crippen LogP contribution >= 0.6 is 11.3 Å². The van der Waals surface area contributed by atoms with Crippen molar-refractivity contribution in [2.24, 2.45) is 0 Å². The topological polar surface area (TPSA) is 94.4 Å². The highest BCUT2D eigenvalue weighted by Crippen LogP contribution is 2.27. The molecule has 0 radical (unpaired) electrons. The van der Waals surface area contributed by atoms with Gasteiger partial charge in [0.15, 0.2) is 5.13 Å². The van der Waals surface area contributed by atoms with Crippen LogP contribution in [0.25, 0.3) is 17.3 Å². The van der Waals surface area contributed by atoms with E-state index in [-0.39, 0.29) is 11.6 Å². The highest BCUT2D eigenvalue weighted by molar-refractivity contribution is 7.14. The van der Waals surface area contributed by atoms with E-state index < -0.39 is 4.92 Å². The van der Waals surface area contributed by atoms with E-state index >= 15 is 0 Å². The number of anilines is 1. The van der Waals surface area contributed by atoms with Gasteiger partial charge in [0.2, 0.25) is 5.91 Å². The minimum absolute atomic E-state index is 0.00570. The van der Waals surface area contributed by atoms with Gasteiger partial charge in [-0.2, -0.15) is 0 Å². The molecule has 1 amide bonds. The maximum Gasteiger partial charge on any atom is 0.270 e. The van der Waals surface area contributed by atoms with E-state index in [1.165, 1.54) is 29.5 Å². The minimum atomic E-state index is -0.451. The van der Waals surface area contributed by atoms with Crippen molar-refractivity contribution in [3.05, 3.63) is 75.7 Å². The van der Waals surface area contributed by atoms with E-state index in [1.807, 2.05) is 24.3 Å². The number of carbonyl (C=O) groups excluding carboxylic acids is 1. The van der Waals surface area contributed by atoms with Gasteiger partial charge in [-0.15, -0.1) is 11.3 Å². The molecule has 1 heterocycles. The molecule has 0 saturated carbocycles. The van der Waals surface area contributed by atoms with Crippen LogP contribution in [0.2, 0.25) is 0 Å². The summed E-state index contributed by atoms with van der Waals surface area (Å²) in [5.41, 5.74) is 2.00. The van der Waals surface area contributed by atoms with Gasteiger partial charge in [0, 0.05) is 34.7 Å². The molecule has 0 aliphatic heterocycles. The number of nitro benzene ring substituents is 1. The van der Waals surface area contributed by atoms with Crippen LogP contribution in [0.3, 0.4) is 0 Å². The first-order valence-corrected chi connectivity index (χ1v) is 10.4. The number of aromatic nitrogens is 1. The number of carbonyl (C=O) groups is 1. The number of unbranched alkanes of at least 4 members (excludes halogenated alkanes) is 1. The molecule has 1 N–H and O–H groups in total. The van der Waals surface area contributed by atoms with Crippen molar-refractivity contribution < 1.29 is 14.5 Å². The molecule has 0 aliphatic carbocycles. The highest BCUT2D eigenvalue weighted by atomic mass is 32.1. The van der Waals surface area contributed by atoms with E-state index in [4.69, 9.17) is 4.74 Å². The van der Waals surface area contributed by atoms with Crippen LogP contribution in [0.5, 0.6) is 5.75 Å². The van der Waals surface area contributed by atoms with Crippen LogP contribution in [-0.2, 0) is 4.79 Å². The first kappa shape index (κ1) is 21.2. The number of hydrogen-bond acceptors (Lipinski definition) is 6. The maximum absolute atomic E-state index is 12.3. The minimum Gasteiger partial charge on any atom is -0.493 e. The number of thiazole rings is 1. The summed E-state index contributed by atoms with van der Waals surface area (Å²) in [6, 6.07) is 13.8. The number of para-hydroxylation sites is 1. The van der Waals surface area contributed by atoms with Gasteiger partial charge in [0.05, 0.1) is 17.2 Å². The molecular weight excluding hydrogens is 402 g/mol. The fourth-order valence-corrected chi connectivity index (χ4v) is 3.35. The maximum atomic E-state index is 12.3. The lowest BCUT2D eigenvalue weighted by Gasteiger charge is -2.08. The fraction of sp³-hybridized carbons (Fsp3) is 0.182. The van der Waals surface area contributed by atoms with E-state index in [2.05, 4.69) is 17.2 Å². The monoisotopic (exact) mass is 423 g/mol. The number of non-ortho nitro benzene ring substituents is 1. The molecule has 2 aromatic carbocycles. The predicted molar refractivity (Wildman–Crippen MR) is 119 cm³/mol. The Labute approximate surface area is 178 Å². The zero-order chi connectivity index (χ0) is 21.3. The van der Waals surface area contributed by atoms with E-state index in [9.17, 15) is 14.9 Å². The lowest BCUT2D eigenvalue weighted by molar-refractivity contribution is -0.384. The number of ether oxygens (including phenoxy) is 1. The molecule has 154 valence electrons. The van der Waals surface area contributed by atoms with Crippen molar-refractivity contribution in [3.63, 3.8) is 0 Å². The Bertz CT molecular complexity index is 1060. The van der Waals surface area contributed by atoms with Crippen LogP contribution in [0.1, 0.15) is 25.3 Å². The second kappa shape index (κ2) is 10.3. The summed E-state index contributed by atoms with van der Waals surface area (Å²) in [6.07, 6.45) is 5.14. The Kier molecular flexibility index (Phi) is 7.29. The Hall–Kier alpha value is -3.52. The van der Waals surface area contributed by atoms with Crippen molar-refractivity contribution in [3.8, 4) is 17.0 Å². The quantitative estimate of drug-likeness (QED) is 0.211. The van der Waals surface area contributed by atoms with Crippen LogP contribution in [0.15, 0.2) is 60.0 Å². The molecule has 30 heavy (non-hydrogen) atoms. The van der Waals surface area contributed by atoms with Gasteiger partial charge in [-0.25, -0.2) is 4.98 Å². The summed E-state index contributed by atoms with van der Waals surface area (Å²) in [4.78, 5) is 27.1. The Balaban J connectivity index is 1.65. The summed E-state index contributed by atoms with van der Waals surface area (Å²) in [5, 5.41) is 15.8. The molecule has 0 atom stereocenters. The van der Waals surface area contributed by atoms with Gasteiger partial charge in [0.25, 0.3) is 5.69 Å². The second-order valence-electron chi connectivity index (χ2n) is 6.41. The first-order valence-electron chi connectivity index (χ1n) is 9.48. The summed E-state index contributed by atoms with van der Waals surface area (Å²) < 4.78 is 5.77. The normalized spacial score (nSPS) is 10.8. The highest BCUT2D eigenvalue weighted by Gasteiger charge is 2.11. The molecule has 8 heteroatoms. The van der Waals surface area contributed by atoms with Gasteiger partial charge >= 0.3 is 0 Å². The standard InChI is InChI=1S/C22H21N3O4S/c1-2-3-13-29-20-10-5-4-7-16(20)11-12-21(26)24-22-23-19(15-30-22)17-8-6-9-18(14-17)25(27)28/h4-12,14-15H,2-3,13H2,1H3,(H,23,24,26). The number of benzene rings is 2. The average Bonchev–Trinajstić information content (AvgIpc) is 3.22. The third-order valence-corrected chi connectivity index (χ3v) is 4.93. The summed E-state index contributed by atoms with van der Waals surface area (Å²) in [7, 11) is 0. The van der Waals surface area contributed by atoms with Crippen LogP contribution < -0.4 is 10.1 Å². The van der Waals surface area contributed by atoms with Crippen molar-refractivity contribution >= 4 is 34.1 Å². The smallest absolute Gasteiger partial charge is 0.270 e. The van der Waals surface area contributed by atoms with Crippen LogP contribution in [0, 0.1) is 10.1 Å². The van der Waals surface area contributed by atoms with E-state index in [0.717, 1.165) is 24.2 Å². The van der Waals surface area contributed by atoms with Gasteiger partial charge in [-0.1, -0.05) is 43.7 Å². The zero-order valence-corrected chi connectivity index (χ0v) is 17.2. The van der Waals surface area contributed by atoms with Gasteiger partial charge in [-0.05, 0) is 18.6 Å². The number of nitro groups is 1. The van der Waals surface area contributed by atoms with Gasteiger partial charge in [-0.3, -0.25) is 20.2 Å². The van der Waals surface area contributed by atoms with E-state index in [1.54, 1.807) is 23.6 Å². The molecule has 3 rings (SSSR count). The molecule has 3 aromatic rings. The second-order valence-corrected chi connectivity index (χ2v) is 7.27. The Morgan fingerprint density at radius 3 is 2.90 bits per heavy atom. The van der Waals surface area contributed by atoms with Crippen LogP contribution in [0.4, 0.5) is 10.8 Å². The SMILES string of the molecule is CCCCOc1ccccc1C=CC(=O)Nc1nc(-c2cccc([N+](=O)[O-])c2)cs1. The third-order valence-electron chi connectivity index (χ3n) is 4.18. The van der Waals surface area contributed by atoms with Crippen LogP contribution in [-0.4, -0.2) is 22.4 Å². The van der Waals surface area contributed by atoms with Crippen molar-refractivity contribution in [2.45, 2.75) is 19.8 Å². The lowest BCUT2D eigenvalue weighted by atomic mass is 10.1. The van der Waals surface area contributed by atoms with Gasteiger partial charge < -0.3 is 4.74 Å². The molecule has 0 spiro atoms. The first-order chi connectivity index (χ1) is 14.6. The number of nitrogens with zero attached hydrogens (tertiary/aromatic N) is 2. The fourth-order valence-electron chi connectivity index (χ4n) is 2.63. The largest absolute Gasteiger partial charge is 0.493 e. The molecule has 0 bridgehead atoms. The average molecular weight is 423 g/mol. The molecule has 7 nitrogen and oxygen atoms in total. The summed E-state index contributed by atoms with van der Waals surface area (Å²) >= 11 is 1.25. The third kappa shape index (κ3) is 5.74. The summed E-state index contributed by atoms with van der Waals surface area (Å²) in [6.45, 7) is 2.73. The molecule has 0 unspecified atom stereocenters. The summed E-state index contributed by atoms with van der Waals surface area (Å²) in [5.74, 6) is 0.413. The number of amides is 1. The zero-order valence-electron chi connectivity index (χ0n) is 16.4. The van der Waals surface area contributed by atoms with Crippen molar-refractivity contribution in [2.75, 3.05) is 11.9 Å². The predicted octanol–water partition coefficient (Wildman–Crippen LogP) is 5.55. The molecule has 0 fully saturated rings.